The first-order valence-electron chi connectivity index (χ1n) is 12.4. The van der Waals surface area contributed by atoms with Gasteiger partial charge in [0.1, 0.15) is 11.5 Å². The molecule has 0 saturated heterocycles. The molecule has 3 aromatic heterocycles. The van der Waals surface area contributed by atoms with Crippen molar-refractivity contribution in [1.29, 1.82) is 0 Å². The van der Waals surface area contributed by atoms with Crippen LogP contribution >= 0.6 is 22.7 Å². The highest BCUT2D eigenvalue weighted by Gasteiger charge is 2.23. The van der Waals surface area contributed by atoms with Crippen LogP contribution in [0.1, 0.15) is 25.8 Å². The second-order valence-electron chi connectivity index (χ2n) is 9.58. The Kier molecular flexibility index (Phi) is 6.49. The van der Waals surface area contributed by atoms with Gasteiger partial charge in [-0.1, -0.05) is 29.5 Å². The third-order valence-corrected chi connectivity index (χ3v) is 9.19. The first-order chi connectivity index (χ1) is 18.8. The number of nitrogens with zero attached hydrogens (tertiary/aromatic N) is 4. The van der Waals surface area contributed by atoms with Gasteiger partial charge in [-0.25, -0.2) is 14.5 Å². The van der Waals surface area contributed by atoms with Crippen LogP contribution in [0.5, 0.6) is 0 Å². The number of hydrogen-bond donors (Lipinski definition) is 2. The summed E-state index contributed by atoms with van der Waals surface area (Å²) in [4.78, 5) is 36.3. The van der Waals surface area contributed by atoms with Crippen molar-refractivity contribution in [1.82, 2.24) is 20.1 Å². The molecule has 5 aromatic rings. The van der Waals surface area contributed by atoms with Crippen molar-refractivity contribution >= 4 is 55.2 Å². The molecule has 8 nitrogen and oxygen atoms in total. The summed E-state index contributed by atoms with van der Waals surface area (Å²) >= 11 is 2.92. The molecular formula is C28H25FN6O2S2. The maximum atomic E-state index is 15.0. The Morgan fingerprint density at radius 1 is 1.18 bits per heavy atom. The highest BCUT2D eigenvalue weighted by molar-refractivity contribution is 7.20. The van der Waals surface area contributed by atoms with E-state index in [0.29, 0.717) is 27.4 Å². The van der Waals surface area contributed by atoms with Crippen molar-refractivity contribution in [2.24, 2.45) is 0 Å². The van der Waals surface area contributed by atoms with Gasteiger partial charge in [-0.2, -0.15) is 5.10 Å². The minimum absolute atomic E-state index is 0.0783. The van der Waals surface area contributed by atoms with Crippen LogP contribution in [0.15, 0.2) is 53.3 Å². The van der Waals surface area contributed by atoms with E-state index < -0.39 is 5.82 Å². The highest BCUT2D eigenvalue weighted by Crippen LogP contribution is 2.35. The zero-order valence-corrected chi connectivity index (χ0v) is 23.2. The third kappa shape index (κ3) is 4.73. The molecule has 0 fully saturated rings. The standard InChI is InChI=1S/C28H25FN6O2S2/c1-15-17(8-9-18(29)25(15)31-27(37)23-12-16-6-4-5-7-22(16)38-23)20-13-21(26(36)33-32-20)35(3)28-30-19-10-11-34(2)14-24(19)39-28/h4-9,12-13H,10-11,14H2,1-3H3,(H,31,37)(H,33,36). The molecule has 2 N–H and O–H groups in total. The quantitative estimate of drug-likeness (QED) is 0.292. The fraction of sp³-hybridized carbons (Fsp3) is 0.214. The number of benzene rings is 2. The summed E-state index contributed by atoms with van der Waals surface area (Å²) in [7, 11) is 3.88. The number of anilines is 3. The molecule has 198 valence electrons. The maximum absolute atomic E-state index is 15.0. The van der Waals surface area contributed by atoms with Crippen LogP contribution in [0.4, 0.5) is 20.9 Å². The third-order valence-electron chi connectivity index (χ3n) is 6.92. The van der Waals surface area contributed by atoms with E-state index in [4.69, 9.17) is 4.98 Å². The maximum Gasteiger partial charge on any atom is 0.288 e. The molecule has 0 radical (unpaired) electrons. The first kappa shape index (κ1) is 25.4. The van der Waals surface area contributed by atoms with Crippen LogP contribution < -0.4 is 15.8 Å². The second-order valence-corrected chi connectivity index (χ2v) is 11.7. The van der Waals surface area contributed by atoms with E-state index >= 15 is 0 Å². The van der Waals surface area contributed by atoms with Gasteiger partial charge in [-0.3, -0.25) is 9.59 Å². The lowest BCUT2D eigenvalue weighted by Gasteiger charge is -2.20. The van der Waals surface area contributed by atoms with Crippen LogP contribution in [0.25, 0.3) is 21.3 Å². The van der Waals surface area contributed by atoms with Gasteiger partial charge in [-0.05, 0) is 55.3 Å². The number of thiazole rings is 1. The number of nitrogens with one attached hydrogen (secondary N) is 2. The molecule has 0 saturated carbocycles. The van der Waals surface area contributed by atoms with Gasteiger partial charge < -0.3 is 15.1 Å². The van der Waals surface area contributed by atoms with E-state index in [1.165, 1.54) is 22.3 Å². The lowest BCUT2D eigenvalue weighted by molar-refractivity contribution is 0.103. The number of likely N-dealkylation sites (N-methyl/N-ethyl adjacent to an activating group) is 1. The fourth-order valence-corrected chi connectivity index (χ4v) is 6.84. The number of aromatic amines is 1. The van der Waals surface area contributed by atoms with Gasteiger partial charge in [0, 0.05) is 41.7 Å². The number of aromatic nitrogens is 3. The van der Waals surface area contributed by atoms with Gasteiger partial charge in [0.25, 0.3) is 11.5 Å². The van der Waals surface area contributed by atoms with Gasteiger partial charge in [0.15, 0.2) is 5.13 Å². The van der Waals surface area contributed by atoms with Crippen molar-refractivity contribution in [3.63, 3.8) is 0 Å². The molecule has 11 heteroatoms. The molecule has 0 spiro atoms. The molecule has 1 aliphatic heterocycles. The Bertz CT molecular complexity index is 1760. The summed E-state index contributed by atoms with van der Waals surface area (Å²) in [6.45, 7) is 3.51. The van der Waals surface area contributed by atoms with Crippen molar-refractivity contribution < 1.29 is 9.18 Å². The van der Waals surface area contributed by atoms with E-state index in [-0.39, 0.29) is 17.2 Å². The van der Waals surface area contributed by atoms with E-state index in [2.05, 4.69) is 27.5 Å². The van der Waals surface area contributed by atoms with Crippen molar-refractivity contribution in [3.05, 3.63) is 85.7 Å². The number of fused-ring (bicyclic) bond motifs is 2. The molecule has 39 heavy (non-hydrogen) atoms. The Labute approximate surface area is 231 Å². The first-order valence-corrected chi connectivity index (χ1v) is 14.0. The van der Waals surface area contributed by atoms with Crippen molar-refractivity contribution in [2.45, 2.75) is 19.9 Å². The van der Waals surface area contributed by atoms with E-state index in [0.717, 1.165) is 40.4 Å². The highest BCUT2D eigenvalue weighted by atomic mass is 32.1. The average Bonchev–Trinajstić information content (AvgIpc) is 3.55. The lowest BCUT2D eigenvalue weighted by Crippen LogP contribution is -2.25. The zero-order chi connectivity index (χ0) is 27.3. The molecule has 0 bridgehead atoms. The van der Waals surface area contributed by atoms with Gasteiger partial charge in [-0.15, -0.1) is 11.3 Å². The van der Waals surface area contributed by atoms with Gasteiger partial charge in [0.2, 0.25) is 0 Å². The van der Waals surface area contributed by atoms with Gasteiger partial charge >= 0.3 is 0 Å². The van der Waals surface area contributed by atoms with Crippen LogP contribution in [-0.2, 0) is 13.0 Å². The van der Waals surface area contributed by atoms with Crippen LogP contribution in [-0.4, -0.2) is 46.6 Å². The molecule has 2 aromatic carbocycles. The molecular weight excluding hydrogens is 535 g/mol. The summed E-state index contributed by atoms with van der Waals surface area (Å²) in [5, 5.41) is 11.2. The number of rotatable bonds is 5. The van der Waals surface area contributed by atoms with Crippen LogP contribution in [0.3, 0.4) is 0 Å². The SMILES string of the molecule is Cc1c(-c2cc(N(C)c3nc4c(s3)CN(C)CC4)c(=O)[nH]n2)ccc(F)c1NC(=O)c1cc2ccccc2s1. The van der Waals surface area contributed by atoms with E-state index in [9.17, 15) is 14.0 Å². The Morgan fingerprint density at radius 2 is 2.00 bits per heavy atom. The lowest BCUT2D eigenvalue weighted by atomic mass is 10.0. The monoisotopic (exact) mass is 560 g/mol. The summed E-state index contributed by atoms with van der Waals surface area (Å²) in [6.07, 6.45) is 0.874. The fourth-order valence-electron chi connectivity index (χ4n) is 4.72. The van der Waals surface area contributed by atoms with E-state index in [1.54, 1.807) is 48.4 Å². The molecule has 0 atom stereocenters. The number of H-pyrrole nitrogens is 1. The molecule has 4 heterocycles. The topological polar surface area (TPSA) is 94.2 Å². The number of carbonyl (C=O) groups is 1. The zero-order valence-electron chi connectivity index (χ0n) is 21.5. The van der Waals surface area contributed by atoms with Crippen LogP contribution in [0, 0.1) is 12.7 Å². The van der Waals surface area contributed by atoms with Crippen LogP contribution in [0.2, 0.25) is 0 Å². The van der Waals surface area contributed by atoms with Crippen molar-refractivity contribution in [3.8, 4) is 11.3 Å². The number of amides is 1. The molecule has 0 unspecified atom stereocenters. The number of carbonyl (C=O) groups excluding carboxylic acids is 1. The summed E-state index contributed by atoms with van der Waals surface area (Å²) in [5.41, 5.74) is 2.71. The minimum Gasteiger partial charge on any atom is -0.319 e. The normalized spacial score (nSPS) is 13.4. The number of thiophene rings is 1. The smallest absolute Gasteiger partial charge is 0.288 e. The summed E-state index contributed by atoms with van der Waals surface area (Å²) in [5.74, 6) is -0.936. The molecule has 0 aliphatic carbocycles. The van der Waals surface area contributed by atoms with Gasteiger partial charge in [0.05, 0.1) is 22.0 Å². The Morgan fingerprint density at radius 3 is 2.82 bits per heavy atom. The largest absolute Gasteiger partial charge is 0.319 e. The van der Waals surface area contributed by atoms with E-state index in [1.807, 2.05) is 24.3 Å². The van der Waals surface area contributed by atoms with Crippen molar-refractivity contribution in [2.75, 3.05) is 30.9 Å². The number of halogens is 1. The molecule has 1 amide bonds. The second kappa shape index (κ2) is 9.99. The molecule has 6 rings (SSSR count). The minimum atomic E-state index is -0.550. The molecule has 1 aliphatic rings. The Balaban J connectivity index is 1.32. The average molecular weight is 561 g/mol. The summed E-state index contributed by atoms with van der Waals surface area (Å²) in [6, 6.07) is 14.1. The number of hydrogen-bond acceptors (Lipinski definition) is 8. The Hall–Kier alpha value is -3.93. The predicted molar refractivity (Wildman–Crippen MR) is 155 cm³/mol. The predicted octanol–water partition coefficient (Wildman–Crippen LogP) is 5.56. The summed E-state index contributed by atoms with van der Waals surface area (Å²) < 4.78 is 15.9.